The Morgan fingerprint density at radius 1 is 1.29 bits per heavy atom. The van der Waals surface area contributed by atoms with Gasteiger partial charge in [0, 0.05) is 6.20 Å². The number of aromatic nitrogens is 3. The zero-order chi connectivity index (χ0) is 14.8. The van der Waals surface area contributed by atoms with Crippen LogP contribution < -0.4 is 5.56 Å². The van der Waals surface area contributed by atoms with Crippen LogP contribution in [-0.2, 0) is 0 Å². The van der Waals surface area contributed by atoms with Crippen LogP contribution in [0, 0.1) is 0 Å². The molecule has 0 N–H and O–H groups in total. The highest BCUT2D eigenvalue weighted by molar-refractivity contribution is 7.99. The summed E-state index contributed by atoms with van der Waals surface area (Å²) in [6.07, 6.45) is 1.44. The van der Waals surface area contributed by atoms with Crippen molar-refractivity contribution in [1.82, 2.24) is 15.0 Å². The third-order valence-corrected chi connectivity index (χ3v) is 3.81. The van der Waals surface area contributed by atoms with Gasteiger partial charge in [-0.25, -0.2) is 4.98 Å². The van der Waals surface area contributed by atoms with E-state index in [1.807, 2.05) is 6.92 Å². The zero-order valence-electron chi connectivity index (χ0n) is 11.0. The summed E-state index contributed by atoms with van der Waals surface area (Å²) in [5, 5.41) is 1.28. The number of hydrogen-bond donors (Lipinski definition) is 0. The Morgan fingerprint density at radius 2 is 2.10 bits per heavy atom. The van der Waals surface area contributed by atoms with Gasteiger partial charge in [0.1, 0.15) is 5.39 Å². The number of benzene rings is 1. The van der Waals surface area contributed by atoms with E-state index < -0.39 is 5.56 Å². The molecule has 5 nitrogen and oxygen atoms in total. The van der Waals surface area contributed by atoms with Gasteiger partial charge < -0.3 is 4.42 Å². The van der Waals surface area contributed by atoms with E-state index in [1.54, 1.807) is 24.3 Å². The van der Waals surface area contributed by atoms with Crippen molar-refractivity contribution >= 4 is 34.5 Å². The molecule has 0 aliphatic carbocycles. The smallest absolute Gasteiger partial charge is 0.287 e. The van der Waals surface area contributed by atoms with E-state index in [0.717, 1.165) is 5.75 Å². The Bertz CT molecular complexity index is 866. The van der Waals surface area contributed by atoms with E-state index in [2.05, 4.69) is 15.0 Å². The third kappa shape index (κ3) is 2.77. The second kappa shape index (κ2) is 5.83. The second-order valence-electron chi connectivity index (χ2n) is 4.11. The highest BCUT2D eigenvalue weighted by Gasteiger charge is 2.13. The molecular formula is C14H10ClN3O2S. The highest BCUT2D eigenvalue weighted by atomic mass is 35.5. The van der Waals surface area contributed by atoms with Crippen molar-refractivity contribution in [3.8, 4) is 11.5 Å². The number of rotatable bonds is 3. The minimum atomic E-state index is -0.431. The number of hydrogen-bond acceptors (Lipinski definition) is 6. The van der Waals surface area contributed by atoms with Crippen molar-refractivity contribution < 1.29 is 4.42 Å². The average molecular weight is 320 g/mol. The van der Waals surface area contributed by atoms with Gasteiger partial charge in [0.05, 0.1) is 10.6 Å². The molecule has 0 atom stereocenters. The molecule has 0 unspecified atom stereocenters. The molecule has 0 amide bonds. The molecule has 0 aliphatic heterocycles. The van der Waals surface area contributed by atoms with E-state index >= 15 is 0 Å². The molecule has 21 heavy (non-hydrogen) atoms. The summed E-state index contributed by atoms with van der Waals surface area (Å²) in [7, 11) is 0. The molecule has 3 aromatic rings. The molecule has 0 radical (unpaired) electrons. The molecule has 106 valence electrons. The van der Waals surface area contributed by atoms with Crippen molar-refractivity contribution in [3.05, 3.63) is 45.8 Å². The predicted molar refractivity (Wildman–Crippen MR) is 82.7 cm³/mol. The maximum absolute atomic E-state index is 12.1. The fourth-order valence-corrected chi connectivity index (χ4v) is 2.54. The predicted octanol–water partition coefficient (Wildman–Crippen LogP) is 3.41. The van der Waals surface area contributed by atoms with Crippen molar-refractivity contribution in [3.63, 3.8) is 0 Å². The van der Waals surface area contributed by atoms with E-state index in [1.165, 1.54) is 18.0 Å². The van der Waals surface area contributed by atoms with Crippen LogP contribution in [0.1, 0.15) is 6.92 Å². The van der Waals surface area contributed by atoms with Gasteiger partial charge in [-0.1, -0.05) is 42.4 Å². The molecule has 0 aliphatic rings. The fraction of sp³-hybridized carbons (Fsp3) is 0.143. The highest BCUT2D eigenvalue weighted by Crippen LogP contribution is 2.26. The van der Waals surface area contributed by atoms with E-state index in [0.29, 0.717) is 15.7 Å². The number of fused-ring (bicyclic) bond motifs is 1. The van der Waals surface area contributed by atoms with Crippen LogP contribution in [0.2, 0.25) is 5.02 Å². The molecule has 0 bridgehead atoms. The third-order valence-electron chi connectivity index (χ3n) is 2.74. The first-order chi connectivity index (χ1) is 10.2. The number of halogens is 1. The van der Waals surface area contributed by atoms with Crippen molar-refractivity contribution in [1.29, 1.82) is 0 Å². The van der Waals surface area contributed by atoms with Crippen LogP contribution in [0.3, 0.4) is 0 Å². The number of thioether (sulfide) groups is 1. The Morgan fingerprint density at radius 3 is 2.86 bits per heavy atom. The molecule has 1 aromatic carbocycles. The first-order valence-corrected chi connectivity index (χ1v) is 7.61. The second-order valence-corrected chi connectivity index (χ2v) is 5.75. The Kier molecular flexibility index (Phi) is 3.90. The number of nitrogens with zero attached hydrogens (tertiary/aromatic N) is 3. The van der Waals surface area contributed by atoms with Gasteiger partial charge in [-0.2, -0.15) is 9.97 Å². The van der Waals surface area contributed by atoms with Gasteiger partial charge in [0.15, 0.2) is 5.16 Å². The summed E-state index contributed by atoms with van der Waals surface area (Å²) in [4.78, 5) is 24.3. The lowest BCUT2D eigenvalue weighted by Gasteiger charge is -2.03. The summed E-state index contributed by atoms with van der Waals surface area (Å²) >= 11 is 7.57. The van der Waals surface area contributed by atoms with Gasteiger partial charge in [-0.15, -0.1) is 0 Å². The van der Waals surface area contributed by atoms with Gasteiger partial charge >= 0.3 is 0 Å². The molecule has 2 aromatic heterocycles. The Labute approximate surface area is 129 Å². The maximum Gasteiger partial charge on any atom is 0.287 e. The lowest BCUT2D eigenvalue weighted by Crippen LogP contribution is -2.09. The molecular weight excluding hydrogens is 310 g/mol. The molecule has 3 rings (SSSR count). The SMILES string of the molecule is CCSc1ncc2c(=O)nc(-c3ccccc3Cl)oc2n1. The van der Waals surface area contributed by atoms with Crippen molar-refractivity contribution in [2.45, 2.75) is 12.1 Å². The van der Waals surface area contributed by atoms with Crippen molar-refractivity contribution in [2.24, 2.45) is 0 Å². The molecule has 0 saturated carbocycles. The largest absolute Gasteiger partial charge is 0.419 e. The Hall–Kier alpha value is -1.92. The van der Waals surface area contributed by atoms with Crippen molar-refractivity contribution in [2.75, 3.05) is 5.75 Å². The average Bonchev–Trinajstić information content (AvgIpc) is 2.47. The van der Waals surface area contributed by atoms with Gasteiger partial charge in [-0.05, 0) is 17.9 Å². The van der Waals surface area contributed by atoms with E-state index in [-0.39, 0.29) is 17.0 Å². The minimum Gasteiger partial charge on any atom is -0.419 e. The lowest BCUT2D eigenvalue weighted by atomic mass is 10.2. The molecule has 0 saturated heterocycles. The molecule has 7 heteroatoms. The lowest BCUT2D eigenvalue weighted by molar-refractivity contribution is 0.576. The van der Waals surface area contributed by atoms with Crippen LogP contribution in [0.25, 0.3) is 22.6 Å². The Balaban J connectivity index is 2.22. The summed E-state index contributed by atoms with van der Waals surface area (Å²) in [5.74, 6) is 0.988. The standard InChI is InChI=1S/C14H10ClN3O2S/c1-2-21-14-16-7-9-11(19)17-12(20-13(9)18-14)8-5-3-4-6-10(8)15/h3-7H,2H2,1H3. The van der Waals surface area contributed by atoms with Gasteiger partial charge in [-0.3, -0.25) is 4.79 Å². The first-order valence-electron chi connectivity index (χ1n) is 6.24. The van der Waals surface area contributed by atoms with Gasteiger partial charge in [0.25, 0.3) is 5.56 Å². The molecule has 0 fully saturated rings. The van der Waals surface area contributed by atoms with Crippen LogP contribution in [-0.4, -0.2) is 20.7 Å². The van der Waals surface area contributed by atoms with Crippen LogP contribution in [0.5, 0.6) is 0 Å². The minimum absolute atomic E-state index is 0.157. The summed E-state index contributed by atoms with van der Waals surface area (Å²) in [6.45, 7) is 2.00. The summed E-state index contributed by atoms with van der Waals surface area (Å²) in [5.41, 5.74) is 0.344. The maximum atomic E-state index is 12.1. The van der Waals surface area contributed by atoms with E-state index in [4.69, 9.17) is 16.0 Å². The quantitative estimate of drug-likeness (QED) is 0.544. The van der Waals surface area contributed by atoms with Crippen LogP contribution in [0.15, 0.2) is 44.8 Å². The zero-order valence-corrected chi connectivity index (χ0v) is 12.6. The topological polar surface area (TPSA) is 68.9 Å². The first kappa shape index (κ1) is 14.0. The monoisotopic (exact) mass is 319 g/mol. The summed E-state index contributed by atoms with van der Waals surface area (Å²) < 4.78 is 5.64. The molecule has 2 heterocycles. The van der Waals surface area contributed by atoms with Crippen LogP contribution >= 0.6 is 23.4 Å². The van der Waals surface area contributed by atoms with Crippen LogP contribution in [0.4, 0.5) is 0 Å². The summed E-state index contributed by atoms with van der Waals surface area (Å²) in [6, 6.07) is 7.04. The molecule has 0 spiro atoms. The van der Waals surface area contributed by atoms with E-state index in [9.17, 15) is 4.79 Å². The normalized spacial score (nSPS) is 11.0. The fourth-order valence-electron chi connectivity index (χ4n) is 1.79. The van der Waals surface area contributed by atoms with Gasteiger partial charge in [0.2, 0.25) is 11.6 Å².